The van der Waals surface area contributed by atoms with Crippen LogP contribution in [0, 0.1) is 0 Å². The zero-order valence-corrected chi connectivity index (χ0v) is 15.7. The number of nitrogens with one attached hydrogen (secondary N) is 2. The van der Waals surface area contributed by atoms with Gasteiger partial charge < -0.3 is 24.8 Å². The lowest BCUT2D eigenvalue weighted by Crippen LogP contribution is -2.29. The van der Waals surface area contributed by atoms with Crippen molar-refractivity contribution in [1.82, 2.24) is 0 Å². The molecule has 138 valence electrons. The van der Waals surface area contributed by atoms with Gasteiger partial charge in [0.1, 0.15) is 17.2 Å². The van der Waals surface area contributed by atoms with Crippen LogP contribution >= 0.6 is 23.2 Å². The second-order valence-corrected chi connectivity index (χ2v) is 5.76. The predicted molar refractivity (Wildman–Crippen MR) is 99.8 cm³/mol. The fourth-order valence-electron chi connectivity index (χ4n) is 2.07. The van der Waals surface area contributed by atoms with Crippen molar-refractivity contribution in [2.75, 3.05) is 32.0 Å². The molecule has 0 unspecified atom stereocenters. The third-order valence-electron chi connectivity index (χ3n) is 3.34. The summed E-state index contributed by atoms with van der Waals surface area (Å²) in [6.07, 6.45) is 0. The first-order valence-electron chi connectivity index (χ1n) is 7.27. The van der Waals surface area contributed by atoms with Crippen molar-refractivity contribution in [1.29, 1.82) is 0 Å². The molecule has 2 aromatic rings. The van der Waals surface area contributed by atoms with E-state index in [1.54, 1.807) is 12.1 Å². The number of amides is 2. The highest BCUT2D eigenvalue weighted by Gasteiger charge is 2.18. The summed E-state index contributed by atoms with van der Waals surface area (Å²) in [6, 6.07) is 7.52. The van der Waals surface area contributed by atoms with E-state index in [2.05, 4.69) is 10.6 Å². The molecule has 0 aromatic heterocycles. The summed E-state index contributed by atoms with van der Waals surface area (Å²) in [6.45, 7) is 0. The van der Waals surface area contributed by atoms with Gasteiger partial charge in [-0.05, 0) is 18.2 Å². The van der Waals surface area contributed by atoms with E-state index in [-0.39, 0.29) is 11.4 Å². The number of rotatable bonds is 5. The van der Waals surface area contributed by atoms with Crippen molar-refractivity contribution in [3.63, 3.8) is 0 Å². The van der Waals surface area contributed by atoms with E-state index in [9.17, 15) is 9.59 Å². The molecule has 0 fully saturated rings. The fraction of sp³-hybridized carbons (Fsp3) is 0.176. The lowest BCUT2D eigenvalue weighted by Gasteiger charge is -2.13. The molecular weight excluding hydrogens is 383 g/mol. The van der Waals surface area contributed by atoms with E-state index in [1.165, 1.54) is 39.5 Å². The van der Waals surface area contributed by atoms with Crippen LogP contribution in [0.25, 0.3) is 0 Å². The van der Waals surface area contributed by atoms with Crippen LogP contribution in [-0.4, -0.2) is 33.1 Å². The van der Waals surface area contributed by atoms with Crippen molar-refractivity contribution in [3.8, 4) is 17.2 Å². The largest absolute Gasteiger partial charge is 0.495 e. The summed E-state index contributed by atoms with van der Waals surface area (Å²) in [7, 11) is 4.31. The zero-order chi connectivity index (χ0) is 19.3. The number of carbonyl (C=O) groups is 2. The number of anilines is 2. The molecular formula is C17H16Cl2N2O5. The van der Waals surface area contributed by atoms with E-state index >= 15 is 0 Å². The van der Waals surface area contributed by atoms with Crippen LogP contribution in [0.5, 0.6) is 17.2 Å². The number of halogens is 2. The number of hydrogen-bond acceptors (Lipinski definition) is 5. The highest BCUT2D eigenvalue weighted by atomic mass is 35.5. The Bertz CT molecular complexity index is 842. The molecule has 0 aliphatic carbocycles. The first-order valence-corrected chi connectivity index (χ1v) is 8.02. The van der Waals surface area contributed by atoms with Gasteiger partial charge in [-0.1, -0.05) is 23.2 Å². The van der Waals surface area contributed by atoms with Gasteiger partial charge in [-0.3, -0.25) is 9.59 Å². The third-order valence-corrected chi connectivity index (χ3v) is 3.93. The van der Waals surface area contributed by atoms with Crippen LogP contribution < -0.4 is 24.8 Å². The molecule has 7 nitrogen and oxygen atoms in total. The zero-order valence-electron chi connectivity index (χ0n) is 14.2. The molecule has 0 saturated carbocycles. The quantitative estimate of drug-likeness (QED) is 0.751. The van der Waals surface area contributed by atoms with E-state index < -0.39 is 11.8 Å². The predicted octanol–water partition coefficient (Wildman–Crippen LogP) is 3.60. The van der Waals surface area contributed by atoms with Crippen molar-refractivity contribution >= 4 is 46.4 Å². The maximum Gasteiger partial charge on any atom is 0.314 e. The van der Waals surface area contributed by atoms with E-state index in [0.29, 0.717) is 27.2 Å². The molecule has 0 radical (unpaired) electrons. The molecule has 0 saturated heterocycles. The Morgan fingerprint density at radius 2 is 1.35 bits per heavy atom. The molecule has 26 heavy (non-hydrogen) atoms. The van der Waals surface area contributed by atoms with Gasteiger partial charge in [0.15, 0.2) is 0 Å². The summed E-state index contributed by atoms with van der Waals surface area (Å²) in [4.78, 5) is 24.3. The monoisotopic (exact) mass is 398 g/mol. The van der Waals surface area contributed by atoms with Gasteiger partial charge in [-0.15, -0.1) is 0 Å². The number of methoxy groups -OCH3 is 3. The highest BCUT2D eigenvalue weighted by Crippen LogP contribution is 2.35. The average Bonchev–Trinajstić information content (AvgIpc) is 2.62. The average molecular weight is 399 g/mol. The maximum absolute atomic E-state index is 12.2. The molecule has 2 rings (SSSR count). The van der Waals surface area contributed by atoms with Crippen LogP contribution in [0.2, 0.25) is 10.0 Å². The lowest BCUT2D eigenvalue weighted by molar-refractivity contribution is -0.133. The fourth-order valence-corrected chi connectivity index (χ4v) is 2.56. The Morgan fingerprint density at radius 3 is 1.92 bits per heavy atom. The van der Waals surface area contributed by atoms with Crippen LogP contribution in [0.15, 0.2) is 30.3 Å². The van der Waals surface area contributed by atoms with E-state index in [0.717, 1.165) is 0 Å². The molecule has 0 atom stereocenters. The van der Waals surface area contributed by atoms with Crippen LogP contribution in [0.1, 0.15) is 0 Å². The van der Waals surface area contributed by atoms with Gasteiger partial charge in [0.2, 0.25) is 0 Å². The van der Waals surface area contributed by atoms with Crippen LogP contribution in [-0.2, 0) is 9.59 Å². The molecule has 0 heterocycles. The standard InChI is InChI=1S/C17H16Cl2N2O5/c1-24-13-5-4-9(6-10(13)18)20-16(22)17(23)21-12-8-14(25-2)11(19)7-15(12)26-3/h4-8H,1-3H3,(H,20,22)(H,21,23). The molecule has 2 N–H and O–H groups in total. The normalized spacial score (nSPS) is 10.0. The van der Waals surface area contributed by atoms with Crippen molar-refractivity contribution in [2.24, 2.45) is 0 Å². The van der Waals surface area contributed by atoms with Gasteiger partial charge in [0, 0.05) is 17.8 Å². The second-order valence-electron chi connectivity index (χ2n) is 4.94. The van der Waals surface area contributed by atoms with Crippen molar-refractivity contribution in [3.05, 3.63) is 40.4 Å². The summed E-state index contributed by atoms with van der Waals surface area (Å²) < 4.78 is 15.3. The van der Waals surface area contributed by atoms with Crippen LogP contribution in [0.3, 0.4) is 0 Å². The molecule has 0 aliphatic rings. The van der Waals surface area contributed by atoms with Crippen LogP contribution in [0.4, 0.5) is 11.4 Å². The Balaban J connectivity index is 2.14. The molecule has 2 aromatic carbocycles. The van der Waals surface area contributed by atoms with Gasteiger partial charge in [-0.2, -0.15) is 0 Å². The number of carbonyl (C=O) groups excluding carboxylic acids is 2. The third kappa shape index (κ3) is 4.50. The summed E-state index contributed by atoms with van der Waals surface area (Å²) in [5, 5.41) is 5.50. The smallest absolute Gasteiger partial charge is 0.314 e. The molecule has 0 aliphatic heterocycles. The Hall–Kier alpha value is -2.64. The minimum atomic E-state index is -0.903. The van der Waals surface area contributed by atoms with Crippen molar-refractivity contribution < 1.29 is 23.8 Å². The first kappa shape index (κ1) is 19.7. The Labute approximate surface area is 160 Å². The van der Waals surface area contributed by atoms with E-state index in [4.69, 9.17) is 37.4 Å². The Kier molecular flexibility index (Phi) is 6.54. The second kappa shape index (κ2) is 8.64. The van der Waals surface area contributed by atoms with Gasteiger partial charge in [0.25, 0.3) is 0 Å². The number of ether oxygens (including phenoxy) is 3. The molecule has 0 bridgehead atoms. The minimum absolute atomic E-state index is 0.238. The number of benzene rings is 2. The summed E-state index contributed by atoms with van der Waals surface area (Å²) in [5.41, 5.74) is 0.582. The van der Waals surface area contributed by atoms with Gasteiger partial charge in [0.05, 0.1) is 37.1 Å². The van der Waals surface area contributed by atoms with Crippen molar-refractivity contribution in [2.45, 2.75) is 0 Å². The molecule has 9 heteroatoms. The maximum atomic E-state index is 12.2. The van der Waals surface area contributed by atoms with Gasteiger partial charge >= 0.3 is 11.8 Å². The number of hydrogen-bond donors (Lipinski definition) is 2. The highest BCUT2D eigenvalue weighted by molar-refractivity contribution is 6.44. The Morgan fingerprint density at radius 1 is 0.769 bits per heavy atom. The lowest BCUT2D eigenvalue weighted by atomic mass is 10.2. The first-order chi connectivity index (χ1) is 12.4. The molecule has 0 spiro atoms. The molecule has 2 amide bonds. The summed E-state index contributed by atoms with van der Waals surface area (Å²) >= 11 is 12.0. The van der Waals surface area contributed by atoms with Gasteiger partial charge in [-0.25, -0.2) is 0 Å². The minimum Gasteiger partial charge on any atom is -0.495 e. The topological polar surface area (TPSA) is 85.9 Å². The summed E-state index contributed by atoms with van der Waals surface area (Å²) in [5.74, 6) is -0.733. The SMILES string of the molecule is COc1ccc(NC(=O)C(=O)Nc2cc(OC)c(Cl)cc2OC)cc1Cl. The van der Waals surface area contributed by atoms with E-state index in [1.807, 2.05) is 0 Å².